The highest BCUT2D eigenvalue weighted by molar-refractivity contribution is 7.89. The lowest BCUT2D eigenvalue weighted by Gasteiger charge is -2.17. The molecule has 2 N–H and O–H groups in total. The summed E-state index contributed by atoms with van der Waals surface area (Å²) in [5.74, 6) is 2.36. The van der Waals surface area contributed by atoms with Crippen LogP contribution in [0, 0.1) is 0 Å². The molecule has 1 aromatic rings. The minimum Gasteiger partial charge on any atom is -0.493 e. The topological polar surface area (TPSA) is 92.3 Å². The van der Waals surface area contributed by atoms with Crippen LogP contribution < -0.4 is 20.1 Å². The van der Waals surface area contributed by atoms with Crippen molar-refractivity contribution in [3.63, 3.8) is 0 Å². The Morgan fingerprint density at radius 3 is 2.41 bits per heavy atom. The molecule has 0 atom stereocenters. The average Bonchev–Trinajstić information content (AvgIpc) is 2.72. The molecule has 0 aliphatic rings. The number of methoxy groups -OCH3 is 1. The quantitative estimate of drug-likeness (QED) is 0.283. The van der Waals surface area contributed by atoms with Crippen molar-refractivity contribution in [2.45, 2.75) is 33.1 Å². The third-order valence-electron chi connectivity index (χ3n) is 4.47. The molecular weight excluding hydrogens is 392 g/mol. The molecule has 1 rings (SSSR count). The first-order valence-corrected chi connectivity index (χ1v) is 11.7. The van der Waals surface area contributed by atoms with Crippen LogP contribution in [-0.2, 0) is 16.4 Å². The van der Waals surface area contributed by atoms with E-state index >= 15 is 0 Å². The predicted molar refractivity (Wildman–Crippen MR) is 119 cm³/mol. The number of benzene rings is 1. The molecule has 0 saturated heterocycles. The van der Waals surface area contributed by atoms with Crippen LogP contribution in [0.3, 0.4) is 0 Å². The Labute approximate surface area is 175 Å². The second-order valence-electron chi connectivity index (χ2n) is 6.52. The Bertz CT molecular complexity index is 738. The molecular formula is C20H36N4O4S. The number of hydrogen-bond acceptors (Lipinski definition) is 5. The summed E-state index contributed by atoms with van der Waals surface area (Å²) in [4.78, 5) is 4.20. The Hall–Kier alpha value is -2.00. The monoisotopic (exact) mass is 428 g/mol. The first kappa shape index (κ1) is 25.0. The van der Waals surface area contributed by atoms with Crippen LogP contribution in [-0.4, -0.2) is 71.9 Å². The molecule has 0 bridgehead atoms. The molecule has 0 saturated carbocycles. The number of sulfonamides is 1. The zero-order valence-electron chi connectivity index (χ0n) is 18.3. The summed E-state index contributed by atoms with van der Waals surface area (Å²) in [5, 5.41) is 6.50. The maximum Gasteiger partial charge on any atom is 0.213 e. The average molecular weight is 429 g/mol. The van der Waals surface area contributed by atoms with Crippen LogP contribution in [0.15, 0.2) is 23.2 Å². The minimum absolute atomic E-state index is 0.125. The zero-order chi connectivity index (χ0) is 21.7. The Morgan fingerprint density at radius 2 is 1.83 bits per heavy atom. The maximum absolute atomic E-state index is 11.7. The smallest absolute Gasteiger partial charge is 0.213 e. The highest BCUT2D eigenvalue weighted by Gasteiger charge is 2.13. The van der Waals surface area contributed by atoms with Crippen molar-refractivity contribution in [2.75, 3.05) is 53.2 Å². The van der Waals surface area contributed by atoms with Gasteiger partial charge in [0, 0.05) is 33.7 Å². The molecule has 1 aromatic carbocycles. The van der Waals surface area contributed by atoms with Gasteiger partial charge in [0.2, 0.25) is 10.0 Å². The Morgan fingerprint density at radius 1 is 1.14 bits per heavy atom. The fraction of sp³-hybridized carbons (Fsp3) is 0.650. The van der Waals surface area contributed by atoms with Crippen molar-refractivity contribution in [1.29, 1.82) is 0 Å². The van der Waals surface area contributed by atoms with Gasteiger partial charge in [0.15, 0.2) is 17.5 Å². The molecule has 9 heteroatoms. The molecule has 0 radical (unpaired) electrons. The van der Waals surface area contributed by atoms with Crippen LogP contribution in [0.1, 0.15) is 32.3 Å². The van der Waals surface area contributed by atoms with Crippen molar-refractivity contribution in [3.8, 4) is 11.5 Å². The number of ether oxygens (including phenoxy) is 2. The number of aliphatic imine (C=N–C) groups is 1. The molecule has 0 amide bonds. The summed E-state index contributed by atoms with van der Waals surface area (Å²) in [5.41, 5.74) is 1.19. The largest absolute Gasteiger partial charge is 0.493 e. The minimum atomic E-state index is -3.12. The van der Waals surface area contributed by atoms with Gasteiger partial charge in [0.1, 0.15) is 0 Å². The standard InChI is InChI=1S/C20H36N4O4S/c1-6-28-19-16-17(11-12-18(19)27-5)10-8-13-22-20(21-3)23-14-9-15-24(4)29(25,26)7-2/h11-12,16H,6-10,13-15H2,1-5H3,(H2,21,22,23). The van der Waals surface area contributed by atoms with Gasteiger partial charge in [-0.2, -0.15) is 0 Å². The van der Waals surface area contributed by atoms with Gasteiger partial charge in [-0.05, 0) is 50.8 Å². The van der Waals surface area contributed by atoms with Crippen molar-refractivity contribution in [2.24, 2.45) is 4.99 Å². The van der Waals surface area contributed by atoms with Crippen molar-refractivity contribution in [3.05, 3.63) is 23.8 Å². The molecule has 0 fully saturated rings. The van der Waals surface area contributed by atoms with E-state index in [0.29, 0.717) is 26.1 Å². The SMILES string of the molecule is CCOc1cc(CCCNC(=NC)NCCCN(C)S(=O)(=O)CC)ccc1OC. The van der Waals surface area contributed by atoms with Crippen LogP contribution >= 0.6 is 0 Å². The Balaban J connectivity index is 2.33. The van der Waals surface area contributed by atoms with Gasteiger partial charge >= 0.3 is 0 Å². The predicted octanol–water partition coefficient (Wildman–Crippen LogP) is 1.86. The van der Waals surface area contributed by atoms with Gasteiger partial charge in [-0.15, -0.1) is 0 Å². The van der Waals surface area contributed by atoms with E-state index in [1.54, 1.807) is 28.1 Å². The lowest BCUT2D eigenvalue weighted by molar-refractivity contribution is 0.310. The van der Waals surface area contributed by atoms with Crippen LogP contribution in [0.25, 0.3) is 0 Å². The van der Waals surface area contributed by atoms with E-state index in [4.69, 9.17) is 9.47 Å². The highest BCUT2D eigenvalue weighted by atomic mass is 32.2. The third kappa shape index (κ3) is 8.91. The molecule has 0 heterocycles. The maximum atomic E-state index is 11.7. The molecule has 166 valence electrons. The number of nitrogens with one attached hydrogen (secondary N) is 2. The normalized spacial score (nSPS) is 12.1. The number of rotatable bonds is 13. The first-order valence-electron chi connectivity index (χ1n) is 10.1. The van der Waals surface area contributed by atoms with E-state index < -0.39 is 10.0 Å². The van der Waals surface area contributed by atoms with Crippen LogP contribution in [0.4, 0.5) is 0 Å². The van der Waals surface area contributed by atoms with E-state index in [9.17, 15) is 8.42 Å². The van der Waals surface area contributed by atoms with E-state index in [-0.39, 0.29) is 5.75 Å². The van der Waals surface area contributed by atoms with Gasteiger partial charge < -0.3 is 20.1 Å². The second-order valence-corrected chi connectivity index (χ2v) is 8.89. The van der Waals surface area contributed by atoms with Crippen molar-refractivity contribution in [1.82, 2.24) is 14.9 Å². The summed E-state index contributed by atoms with van der Waals surface area (Å²) < 4.78 is 35.8. The summed E-state index contributed by atoms with van der Waals surface area (Å²) in [7, 11) is 1.86. The zero-order valence-corrected chi connectivity index (χ0v) is 19.1. The van der Waals surface area contributed by atoms with E-state index in [2.05, 4.69) is 21.7 Å². The number of nitrogens with zero attached hydrogens (tertiary/aromatic N) is 2. The lowest BCUT2D eigenvalue weighted by Crippen LogP contribution is -2.39. The summed E-state index contributed by atoms with van der Waals surface area (Å²) in [6, 6.07) is 6.01. The van der Waals surface area contributed by atoms with E-state index in [1.165, 1.54) is 9.87 Å². The van der Waals surface area contributed by atoms with Gasteiger partial charge in [-0.1, -0.05) is 6.07 Å². The molecule has 0 aromatic heterocycles. The van der Waals surface area contributed by atoms with Gasteiger partial charge in [-0.3, -0.25) is 4.99 Å². The summed E-state index contributed by atoms with van der Waals surface area (Å²) in [6.45, 7) is 6.12. The molecule has 0 spiro atoms. The second kappa shape index (κ2) is 13.3. The number of guanidine groups is 1. The van der Waals surface area contributed by atoms with Crippen molar-refractivity contribution < 1.29 is 17.9 Å². The highest BCUT2D eigenvalue weighted by Crippen LogP contribution is 2.28. The molecule has 29 heavy (non-hydrogen) atoms. The summed E-state index contributed by atoms with van der Waals surface area (Å²) in [6.07, 6.45) is 2.56. The lowest BCUT2D eigenvalue weighted by atomic mass is 10.1. The van der Waals surface area contributed by atoms with Gasteiger partial charge in [0.05, 0.1) is 19.5 Å². The molecule has 0 unspecified atom stereocenters. The number of aryl methyl sites for hydroxylation is 1. The van der Waals surface area contributed by atoms with Crippen molar-refractivity contribution >= 4 is 16.0 Å². The first-order chi connectivity index (χ1) is 13.9. The number of hydrogen-bond donors (Lipinski definition) is 2. The fourth-order valence-electron chi connectivity index (χ4n) is 2.73. The molecule has 8 nitrogen and oxygen atoms in total. The molecule has 0 aliphatic carbocycles. The van der Waals surface area contributed by atoms with E-state index in [1.807, 2.05) is 19.1 Å². The third-order valence-corrected chi connectivity index (χ3v) is 6.33. The van der Waals surface area contributed by atoms with Gasteiger partial charge in [0.25, 0.3) is 0 Å². The summed E-state index contributed by atoms with van der Waals surface area (Å²) >= 11 is 0. The van der Waals surface area contributed by atoms with E-state index in [0.717, 1.165) is 36.8 Å². The fourth-order valence-corrected chi connectivity index (χ4v) is 3.58. The molecule has 0 aliphatic heterocycles. The van der Waals surface area contributed by atoms with Crippen LogP contribution in [0.2, 0.25) is 0 Å². The van der Waals surface area contributed by atoms with Gasteiger partial charge in [-0.25, -0.2) is 12.7 Å². The Kier molecular flexibility index (Phi) is 11.5. The van der Waals surface area contributed by atoms with Crippen LogP contribution in [0.5, 0.6) is 11.5 Å².